The van der Waals surface area contributed by atoms with Crippen molar-refractivity contribution in [2.75, 3.05) is 6.54 Å². The van der Waals surface area contributed by atoms with Gasteiger partial charge in [-0.15, -0.1) is 0 Å². The van der Waals surface area contributed by atoms with Gasteiger partial charge in [-0.25, -0.2) is 0 Å². The molecule has 1 fully saturated rings. The van der Waals surface area contributed by atoms with Crippen LogP contribution in [0.1, 0.15) is 36.4 Å². The smallest absolute Gasteiger partial charge is 0.0784 e. The molecule has 0 aliphatic carbocycles. The minimum absolute atomic E-state index is 0.580. The van der Waals surface area contributed by atoms with Crippen LogP contribution in [0, 0.1) is 0 Å². The Balaban J connectivity index is 2.02. The number of fused-ring (bicyclic) bond motifs is 3. The molecule has 2 heterocycles. The van der Waals surface area contributed by atoms with Gasteiger partial charge < -0.3 is 4.90 Å². The molecule has 1 aromatic carbocycles. The predicted octanol–water partition coefficient (Wildman–Crippen LogP) is 3.10. The van der Waals surface area contributed by atoms with Crippen LogP contribution in [0.15, 0.2) is 24.3 Å². The first-order chi connectivity index (χ1) is 7.36. The molecule has 3 rings (SSSR count). The van der Waals surface area contributed by atoms with Gasteiger partial charge in [0, 0.05) is 6.54 Å². The van der Waals surface area contributed by atoms with Crippen LogP contribution in [-0.2, 0) is 6.42 Å². The number of piperidine rings is 1. The molecule has 1 atom stereocenters. The van der Waals surface area contributed by atoms with Crippen molar-refractivity contribution in [3.05, 3.63) is 35.4 Å². The van der Waals surface area contributed by atoms with Crippen molar-refractivity contribution < 1.29 is 0 Å². The highest BCUT2D eigenvalue weighted by atomic mass is 32.1. The molecule has 2 heteroatoms. The van der Waals surface area contributed by atoms with Crippen LogP contribution in [0.25, 0.3) is 0 Å². The maximum atomic E-state index is 5.46. The van der Waals surface area contributed by atoms with Crippen molar-refractivity contribution in [3.8, 4) is 0 Å². The average Bonchev–Trinajstić information content (AvgIpc) is 2.29. The molecule has 15 heavy (non-hydrogen) atoms. The summed E-state index contributed by atoms with van der Waals surface area (Å²) >= 11 is 5.46. The van der Waals surface area contributed by atoms with Gasteiger partial charge in [-0.05, 0) is 36.8 Å². The van der Waals surface area contributed by atoms with Crippen LogP contribution >= 0.6 is 12.2 Å². The Morgan fingerprint density at radius 2 is 2.07 bits per heavy atom. The lowest BCUT2D eigenvalue weighted by Gasteiger charge is -2.42. The van der Waals surface area contributed by atoms with Gasteiger partial charge in [-0.3, -0.25) is 0 Å². The van der Waals surface area contributed by atoms with Crippen LogP contribution in [0.3, 0.4) is 0 Å². The zero-order valence-electron chi connectivity index (χ0n) is 8.78. The molecule has 0 aromatic heterocycles. The van der Waals surface area contributed by atoms with Gasteiger partial charge in [0.05, 0.1) is 11.0 Å². The summed E-state index contributed by atoms with van der Waals surface area (Å²) in [6.07, 6.45) is 4.81. The molecule has 0 bridgehead atoms. The van der Waals surface area contributed by atoms with Crippen LogP contribution < -0.4 is 0 Å². The molecule has 78 valence electrons. The van der Waals surface area contributed by atoms with E-state index in [1.54, 1.807) is 0 Å². The number of rotatable bonds is 0. The van der Waals surface area contributed by atoms with E-state index in [2.05, 4.69) is 29.2 Å². The molecule has 0 radical (unpaired) electrons. The number of nitrogens with zero attached hydrogens (tertiary/aromatic N) is 1. The highest BCUT2D eigenvalue weighted by Crippen LogP contribution is 2.37. The minimum atomic E-state index is 0.580. The first kappa shape index (κ1) is 9.34. The molecule has 0 saturated carbocycles. The Hall–Kier alpha value is -0.890. The Morgan fingerprint density at radius 1 is 1.20 bits per heavy atom. The van der Waals surface area contributed by atoms with E-state index in [9.17, 15) is 0 Å². The van der Waals surface area contributed by atoms with Gasteiger partial charge in [0.15, 0.2) is 0 Å². The molecule has 0 N–H and O–H groups in total. The fraction of sp³-hybridized carbons (Fsp3) is 0.462. The highest BCUT2D eigenvalue weighted by Gasteiger charge is 2.30. The van der Waals surface area contributed by atoms with E-state index in [1.165, 1.54) is 29.0 Å². The number of benzene rings is 1. The summed E-state index contributed by atoms with van der Waals surface area (Å²) in [6, 6.07) is 9.43. The highest BCUT2D eigenvalue weighted by molar-refractivity contribution is 7.80. The predicted molar refractivity (Wildman–Crippen MR) is 66.0 cm³/mol. The Kier molecular flexibility index (Phi) is 2.24. The Bertz CT molecular complexity index is 399. The summed E-state index contributed by atoms with van der Waals surface area (Å²) < 4.78 is 0. The summed E-state index contributed by atoms with van der Waals surface area (Å²) in [6.45, 7) is 1.13. The zero-order valence-corrected chi connectivity index (χ0v) is 9.59. The second kappa shape index (κ2) is 3.60. The average molecular weight is 217 g/mol. The van der Waals surface area contributed by atoms with Gasteiger partial charge >= 0.3 is 0 Å². The molecular weight excluding hydrogens is 202 g/mol. The largest absolute Gasteiger partial charge is 0.359 e. The first-order valence-corrected chi connectivity index (χ1v) is 6.14. The first-order valence-electron chi connectivity index (χ1n) is 5.73. The lowest BCUT2D eigenvalue weighted by atomic mass is 9.87. The van der Waals surface area contributed by atoms with Crippen molar-refractivity contribution in [1.29, 1.82) is 0 Å². The zero-order chi connectivity index (χ0) is 10.3. The van der Waals surface area contributed by atoms with Gasteiger partial charge in [0.25, 0.3) is 0 Å². The molecule has 1 nitrogen and oxygen atoms in total. The van der Waals surface area contributed by atoms with Gasteiger partial charge in [-0.1, -0.05) is 36.5 Å². The number of hydrogen-bond donors (Lipinski definition) is 0. The van der Waals surface area contributed by atoms with E-state index < -0.39 is 0 Å². The number of hydrogen-bond acceptors (Lipinski definition) is 1. The third-order valence-corrected chi connectivity index (χ3v) is 4.04. The summed E-state index contributed by atoms with van der Waals surface area (Å²) in [4.78, 5) is 3.63. The van der Waals surface area contributed by atoms with E-state index in [0.717, 1.165) is 19.4 Å². The van der Waals surface area contributed by atoms with E-state index in [-0.39, 0.29) is 0 Å². The van der Waals surface area contributed by atoms with Crippen LogP contribution in [-0.4, -0.2) is 16.4 Å². The van der Waals surface area contributed by atoms with Gasteiger partial charge in [0.2, 0.25) is 0 Å². The third kappa shape index (κ3) is 1.48. The lowest BCUT2D eigenvalue weighted by molar-refractivity contribution is 0.258. The molecule has 1 unspecified atom stereocenters. The summed E-state index contributed by atoms with van der Waals surface area (Å²) in [5.74, 6) is 0. The van der Waals surface area contributed by atoms with E-state index in [4.69, 9.17) is 12.2 Å². The summed E-state index contributed by atoms with van der Waals surface area (Å²) in [7, 11) is 0. The Morgan fingerprint density at radius 3 is 3.00 bits per heavy atom. The maximum absolute atomic E-state index is 5.46. The molecule has 2 aliphatic rings. The molecule has 0 amide bonds. The van der Waals surface area contributed by atoms with E-state index >= 15 is 0 Å². The topological polar surface area (TPSA) is 3.24 Å². The van der Waals surface area contributed by atoms with Crippen molar-refractivity contribution in [2.24, 2.45) is 0 Å². The van der Waals surface area contributed by atoms with E-state index in [1.807, 2.05) is 0 Å². The summed E-state index contributed by atoms with van der Waals surface area (Å²) in [5, 5.41) is 0. The quantitative estimate of drug-likeness (QED) is 0.614. The van der Waals surface area contributed by atoms with E-state index in [0.29, 0.717) is 6.04 Å². The molecular formula is C13H15NS. The maximum Gasteiger partial charge on any atom is 0.0784 e. The van der Waals surface area contributed by atoms with Crippen molar-refractivity contribution in [1.82, 2.24) is 4.90 Å². The number of thiocarbonyl (C=S) groups is 1. The SMILES string of the molecule is S=C1CCCC2c3ccccc3CCN12. The summed E-state index contributed by atoms with van der Waals surface area (Å²) in [5.41, 5.74) is 3.05. The third-order valence-electron chi connectivity index (χ3n) is 3.60. The van der Waals surface area contributed by atoms with Crippen molar-refractivity contribution >= 4 is 17.2 Å². The monoisotopic (exact) mass is 217 g/mol. The molecule has 1 aromatic rings. The standard InChI is InChI=1S/C13H15NS/c15-13-7-3-6-12-11-5-2-1-4-10(11)8-9-14(12)13/h1-2,4-5,12H,3,6-9H2. The second-order valence-corrected chi connectivity index (χ2v) is 4.92. The Labute approximate surface area is 96.1 Å². The van der Waals surface area contributed by atoms with Crippen LogP contribution in [0.2, 0.25) is 0 Å². The fourth-order valence-corrected chi connectivity index (χ4v) is 3.21. The minimum Gasteiger partial charge on any atom is -0.359 e. The molecule has 1 saturated heterocycles. The lowest BCUT2D eigenvalue weighted by Crippen LogP contribution is -2.41. The van der Waals surface area contributed by atoms with Crippen LogP contribution in [0.5, 0.6) is 0 Å². The fourth-order valence-electron chi connectivity index (χ4n) is 2.85. The van der Waals surface area contributed by atoms with Crippen molar-refractivity contribution in [2.45, 2.75) is 31.7 Å². The van der Waals surface area contributed by atoms with Crippen molar-refractivity contribution in [3.63, 3.8) is 0 Å². The van der Waals surface area contributed by atoms with Crippen LogP contribution in [0.4, 0.5) is 0 Å². The van der Waals surface area contributed by atoms with Gasteiger partial charge in [0.1, 0.15) is 0 Å². The normalized spacial score (nSPS) is 24.7. The molecule has 2 aliphatic heterocycles. The molecule has 0 spiro atoms. The second-order valence-electron chi connectivity index (χ2n) is 4.44. The van der Waals surface area contributed by atoms with Gasteiger partial charge in [-0.2, -0.15) is 0 Å².